The van der Waals surface area contributed by atoms with Crippen LogP contribution in [-0.2, 0) is 22.7 Å². The van der Waals surface area contributed by atoms with Crippen LogP contribution in [-0.4, -0.2) is 23.7 Å². The van der Waals surface area contributed by atoms with Crippen LogP contribution in [0.4, 0.5) is 0 Å². The number of carbonyl (C=O) groups is 1. The van der Waals surface area contributed by atoms with E-state index in [-0.39, 0.29) is 18.6 Å². The third-order valence-electron chi connectivity index (χ3n) is 3.38. The average Bonchev–Trinajstić information content (AvgIpc) is 2.47. The second kappa shape index (κ2) is 7.26. The van der Waals surface area contributed by atoms with E-state index >= 15 is 0 Å². The summed E-state index contributed by atoms with van der Waals surface area (Å²) in [5.41, 5.74) is 1.92. The molecular weight excluding hydrogens is 242 g/mol. The van der Waals surface area contributed by atoms with Crippen molar-refractivity contribution in [2.24, 2.45) is 0 Å². The molecule has 1 aliphatic heterocycles. The molecule has 0 spiro atoms. The molecule has 1 aromatic rings. The molecule has 1 heterocycles. The SMILES string of the molecule is O=C(CC1CCCCO1)NCc1ccc(CO)cc1. The van der Waals surface area contributed by atoms with Gasteiger partial charge in [0, 0.05) is 13.2 Å². The topological polar surface area (TPSA) is 58.6 Å². The zero-order chi connectivity index (χ0) is 13.5. The van der Waals surface area contributed by atoms with Gasteiger partial charge in [0.05, 0.1) is 19.1 Å². The molecule has 2 rings (SSSR count). The number of aliphatic hydroxyl groups excluding tert-OH is 1. The summed E-state index contributed by atoms with van der Waals surface area (Å²) < 4.78 is 5.54. The molecule has 1 aliphatic rings. The number of carbonyl (C=O) groups excluding carboxylic acids is 1. The third-order valence-corrected chi connectivity index (χ3v) is 3.38. The molecule has 1 fully saturated rings. The Kier molecular flexibility index (Phi) is 5.36. The fraction of sp³-hybridized carbons (Fsp3) is 0.533. The normalized spacial score (nSPS) is 19.1. The van der Waals surface area contributed by atoms with Crippen LogP contribution in [0.25, 0.3) is 0 Å². The van der Waals surface area contributed by atoms with Crippen LogP contribution in [0.3, 0.4) is 0 Å². The van der Waals surface area contributed by atoms with E-state index in [1.165, 1.54) is 0 Å². The molecule has 0 bridgehead atoms. The van der Waals surface area contributed by atoms with E-state index in [1.807, 2.05) is 24.3 Å². The number of hydrogen-bond donors (Lipinski definition) is 2. The zero-order valence-electron chi connectivity index (χ0n) is 11.1. The van der Waals surface area contributed by atoms with Gasteiger partial charge >= 0.3 is 0 Å². The molecule has 1 aromatic carbocycles. The Labute approximate surface area is 113 Å². The standard InChI is InChI=1S/C15H21NO3/c17-11-13-6-4-12(5-7-13)10-16-15(18)9-14-3-1-2-8-19-14/h4-7,14,17H,1-3,8-11H2,(H,16,18). The predicted molar refractivity (Wildman–Crippen MR) is 72.4 cm³/mol. The second-order valence-electron chi connectivity index (χ2n) is 4.94. The summed E-state index contributed by atoms with van der Waals surface area (Å²) in [6.45, 7) is 1.35. The minimum Gasteiger partial charge on any atom is -0.392 e. The highest BCUT2D eigenvalue weighted by molar-refractivity contribution is 5.76. The molecule has 19 heavy (non-hydrogen) atoms. The lowest BCUT2D eigenvalue weighted by atomic mass is 10.1. The van der Waals surface area contributed by atoms with E-state index in [2.05, 4.69) is 5.32 Å². The van der Waals surface area contributed by atoms with Crippen molar-refractivity contribution < 1.29 is 14.6 Å². The highest BCUT2D eigenvalue weighted by Crippen LogP contribution is 2.15. The van der Waals surface area contributed by atoms with Gasteiger partial charge in [-0.15, -0.1) is 0 Å². The molecule has 0 saturated carbocycles. The highest BCUT2D eigenvalue weighted by Gasteiger charge is 2.17. The lowest BCUT2D eigenvalue weighted by Crippen LogP contribution is -2.30. The van der Waals surface area contributed by atoms with Gasteiger partial charge in [0.25, 0.3) is 0 Å². The van der Waals surface area contributed by atoms with Crippen molar-refractivity contribution in [3.05, 3.63) is 35.4 Å². The van der Waals surface area contributed by atoms with Gasteiger partial charge in [0.1, 0.15) is 0 Å². The fourth-order valence-corrected chi connectivity index (χ4v) is 2.21. The van der Waals surface area contributed by atoms with Crippen LogP contribution in [0.1, 0.15) is 36.8 Å². The van der Waals surface area contributed by atoms with E-state index in [4.69, 9.17) is 9.84 Å². The van der Waals surface area contributed by atoms with Crippen molar-refractivity contribution in [1.82, 2.24) is 5.32 Å². The third kappa shape index (κ3) is 4.65. The molecule has 1 unspecified atom stereocenters. The first kappa shape index (κ1) is 14.0. The number of amides is 1. The van der Waals surface area contributed by atoms with Crippen LogP contribution in [0.5, 0.6) is 0 Å². The molecule has 2 N–H and O–H groups in total. The predicted octanol–water partition coefficient (Wildman–Crippen LogP) is 1.75. The summed E-state index contributed by atoms with van der Waals surface area (Å²) in [7, 11) is 0. The highest BCUT2D eigenvalue weighted by atomic mass is 16.5. The summed E-state index contributed by atoms with van der Waals surface area (Å²) in [6.07, 6.45) is 3.79. The van der Waals surface area contributed by atoms with E-state index in [1.54, 1.807) is 0 Å². The maximum Gasteiger partial charge on any atom is 0.222 e. The van der Waals surface area contributed by atoms with E-state index in [0.29, 0.717) is 13.0 Å². The van der Waals surface area contributed by atoms with Crippen molar-refractivity contribution in [3.8, 4) is 0 Å². The average molecular weight is 263 g/mol. The van der Waals surface area contributed by atoms with Crippen LogP contribution in [0.15, 0.2) is 24.3 Å². The number of rotatable bonds is 5. The summed E-state index contributed by atoms with van der Waals surface area (Å²) in [5.74, 6) is 0.0399. The molecular formula is C15H21NO3. The molecule has 0 radical (unpaired) electrons. The Morgan fingerprint density at radius 2 is 2.00 bits per heavy atom. The van der Waals surface area contributed by atoms with Crippen LogP contribution in [0, 0.1) is 0 Å². The smallest absolute Gasteiger partial charge is 0.222 e. The molecule has 0 aromatic heterocycles. The van der Waals surface area contributed by atoms with Gasteiger partial charge in [-0.3, -0.25) is 4.79 Å². The molecule has 4 heteroatoms. The van der Waals surface area contributed by atoms with Crippen molar-refractivity contribution >= 4 is 5.91 Å². The Hall–Kier alpha value is -1.39. The van der Waals surface area contributed by atoms with Gasteiger partial charge in [-0.05, 0) is 30.4 Å². The fourth-order valence-electron chi connectivity index (χ4n) is 2.21. The summed E-state index contributed by atoms with van der Waals surface area (Å²) in [4.78, 5) is 11.8. The maximum atomic E-state index is 11.8. The van der Waals surface area contributed by atoms with E-state index < -0.39 is 0 Å². The summed E-state index contributed by atoms with van der Waals surface area (Å²) in [6, 6.07) is 7.57. The maximum absolute atomic E-state index is 11.8. The Morgan fingerprint density at radius 3 is 2.63 bits per heavy atom. The Bertz CT molecular complexity index is 396. The first-order valence-corrected chi connectivity index (χ1v) is 6.85. The molecule has 1 atom stereocenters. The van der Waals surface area contributed by atoms with E-state index in [0.717, 1.165) is 37.0 Å². The van der Waals surface area contributed by atoms with Crippen LogP contribution >= 0.6 is 0 Å². The molecule has 1 amide bonds. The zero-order valence-corrected chi connectivity index (χ0v) is 11.1. The minimum atomic E-state index is 0.0399. The summed E-state index contributed by atoms with van der Waals surface area (Å²) in [5, 5.41) is 11.8. The van der Waals surface area contributed by atoms with Crippen molar-refractivity contribution in [2.75, 3.05) is 6.61 Å². The van der Waals surface area contributed by atoms with E-state index in [9.17, 15) is 4.79 Å². The van der Waals surface area contributed by atoms with Crippen LogP contribution in [0.2, 0.25) is 0 Å². The molecule has 104 valence electrons. The molecule has 1 saturated heterocycles. The van der Waals surface area contributed by atoms with Gasteiger partial charge in [-0.25, -0.2) is 0 Å². The number of nitrogens with one attached hydrogen (secondary N) is 1. The molecule has 0 aliphatic carbocycles. The van der Waals surface area contributed by atoms with Crippen molar-refractivity contribution in [1.29, 1.82) is 0 Å². The first-order chi connectivity index (χ1) is 9.28. The Balaban J connectivity index is 1.72. The number of aliphatic hydroxyl groups is 1. The Morgan fingerprint density at radius 1 is 1.26 bits per heavy atom. The van der Waals surface area contributed by atoms with Gasteiger partial charge in [-0.2, -0.15) is 0 Å². The summed E-state index contributed by atoms with van der Waals surface area (Å²) >= 11 is 0. The van der Waals surface area contributed by atoms with Gasteiger partial charge < -0.3 is 15.2 Å². The molecule has 4 nitrogen and oxygen atoms in total. The first-order valence-electron chi connectivity index (χ1n) is 6.85. The lowest BCUT2D eigenvalue weighted by molar-refractivity contribution is -0.125. The minimum absolute atomic E-state index is 0.0399. The number of benzene rings is 1. The number of ether oxygens (including phenoxy) is 1. The van der Waals surface area contributed by atoms with Crippen LogP contribution < -0.4 is 5.32 Å². The number of hydrogen-bond acceptors (Lipinski definition) is 3. The van der Waals surface area contributed by atoms with Crippen molar-refractivity contribution in [3.63, 3.8) is 0 Å². The lowest BCUT2D eigenvalue weighted by Gasteiger charge is -2.21. The monoisotopic (exact) mass is 263 g/mol. The van der Waals surface area contributed by atoms with Gasteiger partial charge in [0.2, 0.25) is 5.91 Å². The quantitative estimate of drug-likeness (QED) is 0.851. The van der Waals surface area contributed by atoms with Gasteiger partial charge in [-0.1, -0.05) is 24.3 Å². The largest absolute Gasteiger partial charge is 0.392 e. The van der Waals surface area contributed by atoms with Gasteiger partial charge in [0.15, 0.2) is 0 Å². The second-order valence-corrected chi connectivity index (χ2v) is 4.94. The van der Waals surface area contributed by atoms with Crippen molar-refractivity contribution in [2.45, 2.75) is 44.9 Å².